The first-order chi connectivity index (χ1) is 11.1. The number of hydrogen-bond acceptors (Lipinski definition) is 5. The maximum Gasteiger partial charge on any atom is 0.335 e. The number of benzene rings is 1. The van der Waals surface area contributed by atoms with Crippen LogP contribution in [0, 0.1) is 0 Å². The summed E-state index contributed by atoms with van der Waals surface area (Å²) in [5, 5.41) is 5.83. The first-order valence-electron chi connectivity index (χ1n) is 6.68. The van der Waals surface area contributed by atoms with E-state index in [4.69, 9.17) is 4.74 Å². The molecular weight excluding hydrogens is 316 g/mol. The van der Waals surface area contributed by atoms with E-state index in [0.717, 1.165) is 10.5 Å². The van der Waals surface area contributed by atoms with E-state index in [1.54, 1.807) is 30.3 Å². The van der Waals surface area contributed by atoms with Gasteiger partial charge in [-0.25, -0.2) is 9.69 Å². The zero-order valence-corrected chi connectivity index (χ0v) is 12.9. The summed E-state index contributed by atoms with van der Waals surface area (Å²) < 4.78 is 5.05. The van der Waals surface area contributed by atoms with Gasteiger partial charge in [0, 0.05) is 0 Å². The van der Waals surface area contributed by atoms with E-state index in [0.29, 0.717) is 11.4 Å². The van der Waals surface area contributed by atoms with Gasteiger partial charge in [-0.15, -0.1) is 0 Å². The molecule has 2 heterocycles. The van der Waals surface area contributed by atoms with E-state index < -0.39 is 17.8 Å². The zero-order chi connectivity index (χ0) is 16.4. The summed E-state index contributed by atoms with van der Waals surface area (Å²) in [5.41, 5.74) is 1.01. The molecule has 3 rings (SSSR count). The average Bonchev–Trinajstić information content (AvgIpc) is 3.05. The van der Waals surface area contributed by atoms with Crippen LogP contribution in [0.15, 0.2) is 46.7 Å². The molecule has 2 aromatic rings. The second kappa shape index (κ2) is 6.05. The highest BCUT2D eigenvalue weighted by Gasteiger charge is 2.36. The van der Waals surface area contributed by atoms with Gasteiger partial charge in [-0.1, -0.05) is 0 Å². The van der Waals surface area contributed by atoms with Crippen molar-refractivity contribution in [2.24, 2.45) is 0 Å². The van der Waals surface area contributed by atoms with E-state index >= 15 is 0 Å². The molecule has 1 aromatic carbocycles. The Bertz CT molecular complexity index is 794. The molecular formula is C16H12N2O4S. The van der Waals surface area contributed by atoms with Crippen LogP contribution in [0.3, 0.4) is 0 Å². The molecule has 0 unspecified atom stereocenters. The minimum absolute atomic E-state index is 0.0844. The number of barbiturate groups is 1. The van der Waals surface area contributed by atoms with Gasteiger partial charge in [0.15, 0.2) is 0 Å². The second-order valence-electron chi connectivity index (χ2n) is 4.71. The smallest absolute Gasteiger partial charge is 0.335 e. The third-order valence-electron chi connectivity index (χ3n) is 3.29. The van der Waals surface area contributed by atoms with Gasteiger partial charge in [0.2, 0.25) is 0 Å². The largest absolute Gasteiger partial charge is 0.497 e. The van der Waals surface area contributed by atoms with E-state index in [2.05, 4.69) is 5.32 Å². The fourth-order valence-corrected chi connectivity index (χ4v) is 2.77. The summed E-state index contributed by atoms with van der Waals surface area (Å²) in [6.45, 7) is 0. The second-order valence-corrected chi connectivity index (χ2v) is 5.49. The quantitative estimate of drug-likeness (QED) is 0.693. The number of anilines is 1. The number of urea groups is 1. The molecule has 116 valence electrons. The molecule has 1 aliphatic rings. The van der Waals surface area contributed by atoms with Gasteiger partial charge in [-0.05, 0) is 52.7 Å². The van der Waals surface area contributed by atoms with Crippen LogP contribution in [-0.2, 0) is 9.59 Å². The highest BCUT2D eigenvalue weighted by atomic mass is 32.1. The third-order valence-corrected chi connectivity index (χ3v) is 3.99. The summed E-state index contributed by atoms with van der Waals surface area (Å²) >= 11 is 1.45. The van der Waals surface area contributed by atoms with Crippen LogP contribution in [0.5, 0.6) is 5.75 Å². The molecule has 4 amide bonds. The fourth-order valence-electron chi connectivity index (χ4n) is 2.15. The Morgan fingerprint density at radius 1 is 1.13 bits per heavy atom. The zero-order valence-electron chi connectivity index (χ0n) is 12.1. The molecule has 6 nitrogen and oxygen atoms in total. The fraction of sp³-hybridized carbons (Fsp3) is 0.0625. The van der Waals surface area contributed by atoms with Crippen LogP contribution in [0.25, 0.3) is 6.08 Å². The van der Waals surface area contributed by atoms with Gasteiger partial charge in [-0.2, -0.15) is 11.3 Å². The van der Waals surface area contributed by atoms with Gasteiger partial charge < -0.3 is 4.74 Å². The molecule has 7 heteroatoms. The molecule has 0 bridgehead atoms. The summed E-state index contributed by atoms with van der Waals surface area (Å²) in [4.78, 5) is 37.5. The monoisotopic (exact) mass is 328 g/mol. The number of ether oxygens (including phenoxy) is 1. The molecule has 1 fully saturated rings. The standard InChI is InChI=1S/C16H12N2O4S/c1-22-12-4-2-11(3-5-12)18-15(20)13(14(19)17-16(18)21)8-10-6-7-23-9-10/h2-9H,1H3,(H,17,19,21)/b13-8-. The number of carbonyl (C=O) groups is 3. The van der Waals surface area contributed by atoms with Crippen molar-refractivity contribution in [2.75, 3.05) is 12.0 Å². The first-order valence-corrected chi connectivity index (χ1v) is 7.62. The van der Waals surface area contributed by atoms with Crippen LogP contribution >= 0.6 is 11.3 Å². The van der Waals surface area contributed by atoms with Crippen LogP contribution < -0.4 is 15.0 Å². The number of nitrogens with zero attached hydrogens (tertiary/aromatic N) is 1. The van der Waals surface area contributed by atoms with Crippen LogP contribution in [0.2, 0.25) is 0 Å². The number of carbonyl (C=O) groups excluding carboxylic acids is 3. The average molecular weight is 328 g/mol. The predicted molar refractivity (Wildman–Crippen MR) is 86.3 cm³/mol. The highest BCUT2D eigenvalue weighted by Crippen LogP contribution is 2.24. The van der Waals surface area contributed by atoms with Crippen molar-refractivity contribution in [3.8, 4) is 5.75 Å². The summed E-state index contributed by atoms with van der Waals surface area (Å²) in [6.07, 6.45) is 1.47. The van der Waals surface area contributed by atoms with Crippen LogP contribution in [-0.4, -0.2) is 25.0 Å². The minimum atomic E-state index is -0.771. The normalized spacial score (nSPS) is 16.7. The first kappa shape index (κ1) is 15.0. The molecule has 0 saturated carbocycles. The number of nitrogens with one attached hydrogen (secondary N) is 1. The summed E-state index contributed by atoms with van der Waals surface area (Å²) in [5.74, 6) is -0.755. The van der Waals surface area contributed by atoms with E-state index in [1.165, 1.54) is 24.5 Å². The topological polar surface area (TPSA) is 75.7 Å². The summed E-state index contributed by atoms with van der Waals surface area (Å²) in [6, 6.07) is 7.44. The lowest BCUT2D eigenvalue weighted by atomic mass is 10.1. The molecule has 23 heavy (non-hydrogen) atoms. The van der Waals surface area contributed by atoms with Crippen LogP contribution in [0.1, 0.15) is 5.56 Å². The Hall–Kier alpha value is -2.93. The van der Waals surface area contributed by atoms with Crippen molar-refractivity contribution in [2.45, 2.75) is 0 Å². The predicted octanol–water partition coefficient (Wildman–Crippen LogP) is 2.42. The van der Waals surface area contributed by atoms with E-state index in [1.807, 2.05) is 10.8 Å². The number of methoxy groups -OCH3 is 1. The van der Waals surface area contributed by atoms with E-state index in [9.17, 15) is 14.4 Å². The molecule has 1 saturated heterocycles. The molecule has 0 radical (unpaired) electrons. The lowest BCUT2D eigenvalue weighted by Gasteiger charge is -2.26. The minimum Gasteiger partial charge on any atom is -0.497 e. The number of hydrogen-bond donors (Lipinski definition) is 1. The van der Waals surface area contributed by atoms with Gasteiger partial charge in [0.1, 0.15) is 11.3 Å². The summed E-state index contributed by atoms with van der Waals surface area (Å²) in [7, 11) is 1.52. The van der Waals surface area contributed by atoms with Crippen LogP contribution in [0.4, 0.5) is 10.5 Å². The van der Waals surface area contributed by atoms with E-state index in [-0.39, 0.29) is 5.57 Å². The SMILES string of the molecule is COc1ccc(N2C(=O)NC(=O)/C(=C/c3ccsc3)C2=O)cc1. The van der Waals surface area contributed by atoms with Crippen molar-refractivity contribution in [1.82, 2.24) is 5.32 Å². The maximum atomic E-state index is 12.6. The number of amides is 4. The maximum absolute atomic E-state index is 12.6. The number of thiophene rings is 1. The molecule has 0 atom stereocenters. The Balaban J connectivity index is 1.98. The molecule has 0 spiro atoms. The van der Waals surface area contributed by atoms with Crippen molar-refractivity contribution in [3.63, 3.8) is 0 Å². The van der Waals surface area contributed by atoms with Gasteiger partial charge in [-0.3, -0.25) is 14.9 Å². The van der Waals surface area contributed by atoms with Crippen molar-refractivity contribution < 1.29 is 19.1 Å². The number of rotatable bonds is 3. The van der Waals surface area contributed by atoms with Crippen molar-refractivity contribution in [3.05, 3.63) is 52.2 Å². The molecule has 1 aromatic heterocycles. The lowest BCUT2D eigenvalue weighted by molar-refractivity contribution is -0.122. The molecule has 1 N–H and O–H groups in total. The number of imide groups is 2. The van der Waals surface area contributed by atoms with Gasteiger partial charge in [0.25, 0.3) is 11.8 Å². The Morgan fingerprint density at radius 3 is 2.48 bits per heavy atom. The Labute approximate surface area is 136 Å². The van der Waals surface area contributed by atoms with Crippen molar-refractivity contribution >= 4 is 40.9 Å². The van der Waals surface area contributed by atoms with Crippen molar-refractivity contribution in [1.29, 1.82) is 0 Å². The van der Waals surface area contributed by atoms with Gasteiger partial charge >= 0.3 is 6.03 Å². The van der Waals surface area contributed by atoms with Gasteiger partial charge in [0.05, 0.1) is 12.8 Å². The Morgan fingerprint density at radius 2 is 1.87 bits per heavy atom. The molecule has 0 aliphatic carbocycles. The molecule has 1 aliphatic heterocycles. The third kappa shape index (κ3) is 2.86. The highest BCUT2D eigenvalue weighted by molar-refractivity contribution is 7.08. The lowest BCUT2D eigenvalue weighted by Crippen LogP contribution is -2.54. The Kier molecular flexibility index (Phi) is 3.94.